The van der Waals surface area contributed by atoms with Gasteiger partial charge in [0.15, 0.2) is 0 Å². The topological polar surface area (TPSA) is 46.6 Å². The number of rotatable bonds is 4. The van der Waals surface area contributed by atoms with E-state index in [-0.39, 0.29) is 17.8 Å². The smallest absolute Gasteiger partial charge is 0.332 e. The van der Waals surface area contributed by atoms with Gasteiger partial charge in [0.05, 0.1) is 7.11 Å². The largest absolute Gasteiger partial charge is 0.467 e. The molecule has 4 nitrogen and oxygen atoms in total. The van der Waals surface area contributed by atoms with Crippen molar-refractivity contribution in [1.29, 1.82) is 0 Å². The van der Waals surface area contributed by atoms with E-state index in [0.29, 0.717) is 19.4 Å². The standard InChI is InChI=1S/C13H21NO3/c1-5-7-13(12(16)17-4)8-6-9-14(13)11(15)10(2)3/h5,10H,1,6-9H2,2-4H3/t13-/m0/s1. The van der Waals surface area contributed by atoms with E-state index in [0.717, 1.165) is 6.42 Å². The molecule has 1 heterocycles. The monoisotopic (exact) mass is 239 g/mol. The second-order valence-corrected chi connectivity index (χ2v) is 4.76. The molecule has 96 valence electrons. The summed E-state index contributed by atoms with van der Waals surface area (Å²) in [6.07, 6.45) is 3.63. The highest BCUT2D eigenvalue weighted by Crippen LogP contribution is 2.35. The van der Waals surface area contributed by atoms with Gasteiger partial charge in [-0.1, -0.05) is 19.9 Å². The van der Waals surface area contributed by atoms with Gasteiger partial charge in [-0.3, -0.25) is 4.79 Å². The van der Waals surface area contributed by atoms with E-state index in [2.05, 4.69) is 6.58 Å². The molecule has 1 fully saturated rings. The van der Waals surface area contributed by atoms with Crippen LogP contribution in [0.1, 0.15) is 33.1 Å². The lowest BCUT2D eigenvalue weighted by Crippen LogP contribution is -2.54. The van der Waals surface area contributed by atoms with Crippen molar-refractivity contribution in [3.63, 3.8) is 0 Å². The molecule has 0 radical (unpaired) electrons. The summed E-state index contributed by atoms with van der Waals surface area (Å²) in [5.41, 5.74) is -0.822. The fourth-order valence-electron chi connectivity index (χ4n) is 2.45. The van der Waals surface area contributed by atoms with E-state index in [9.17, 15) is 9.59 Å². The molecule has 0 unspecified atom stereocenters. The van der Waals surface area contributed by atoms with Crippen molar-refractivity contribution < 1.29 is 14.3 Å². The first kappa shape index (κ1) is 13.7. The van der Waals surface area contributed by atoms with Crippen LogP contribution in [-0.4, -0.2) is 36.0 Å². The first-order chi connectivity index (χ1) is 7.99. The van der Waals surface area contributed by atoms with Gasteiger partial charge in [0.1, 0.15) is 5.54 Å². The summed E-state index contributed by atoms with van der Waals surface area (Å²) < 4.78 is 4.87. The maximum Gasteiger partial charge on any atom is 0.332 e. The predicted octanol–water partition coefficient (Wildman–Crippen LogP) is 1.75. The van der Waals surface area contributed by atoms with Crippen molar-refractivity contribution in [2.24, 2.45) is 5.92 Å². The SMILES string of the molecule is C=CC[C@@]1(C(=O)OC)CCCN1C(=O)C(C)C. The molecule has 1 saturated heterocycles. The highest BCUT2D eigenvalue weighted by Gasteiger charge is 2.49. The van der Waals surface area contributed by atoms with Crippen LogP contribution in [0.3, 0.4) is 0 Å². The predicted molar refractivity (Wildman–Crippen MR) is 65.3 cm³/mol. The van der Waals surface area contributed by atoms with Gasteiger partial charge < -0.3 is 9.64 Å². The molecular weight excluding hydrogens is 218 g/mol. The average molecular weight is 239 g/mol. The number of esters is 1. The quantitative estimate of drug-likeness (QED) is 0.554. The van der Waals surface area contributed by atoms with Gasteiger partial charge in [-0.25, -0.2) is 4.79 Å². The molecule has 1 aliphatic heterocycles. The normalized spacial score (nSPS) is 23.9. The van der Waals surface area contributed by atoms with Crippen LogP contribution in [-0.2, 0) is 14.3 Å². The minimum atomic E-state index is -0.822. The second kappa shape index (κ2) is 5.34. The van der Waals surface area contributed by atoms with Crippen LogP contribution in [0.25, 0.3) is 0 Å². The van der Waals surface area contributed by atoms with Crippen molar-refractivity contribution in [3.05, 3.63) is 12.7 Å². The third kappa shape index (κ3) is 2.35. The van der Waals surface area contributed by atoms with Crippen LogP contribution in [0.15, 0.2) is 12.7 Å². The fourth-order valence-corrected chi connectivity index (χ4v) is 2.45. The molecular formula is C13H21NO3. The summed E-state index contributed by atoms with van der Waals surface area (Å²) in [6, 6.07) is 0. The van der Waals surface area contributed by atoms with Crippen LogP contribution in [0.2, 0.25) is 0 Å². The zero-order chi connectivity index (χ0) is 13.1. The molecule has 0 aliphatic carbocycles. The zero-order valence-corrected chi connectivity index (χ0v) is 10.9. The van der Waals surface area contributed by atoms with Crippen LogP contribution in [0.4, 0.5) is 0 Å². The van der Waals surface area contributed by atoms with Gasteiger partial charge in [-0.2, -0.15) is 0 Å². The molecule has 4 heteroatoms. The number of hydrogen-bond acceptors (Lipinski definition) is 3. The zero-order valence-electron chi connectivity index (χ0n) is 10.9. The maximum atomic E-state index is 12.1. The molecule has 0 saturated carbocycles. The number of carbonyl (C=O) groups excluding carboxylic acids is 2. The van der Waals surface area contributed by atoms with Crippen LogP contribution < -0.4 is 0 Å². The van der Waals surface area contributed by atoms with Gasteiger partial charge in [0, 0.05) is 12.5 Å². The average Bonchev–Trinajstić information content (AvgIpc) is 2.72. The third-order valence-electron chi connectivity index (χ3n) is 3.30. The van der Waals surface area contributed by atoms with Gasteiger partial charge in [-0.05, 0) is 19.3 Å². The van der Waals surface area contributed by atoms with E-state index < -0.39 is 5.54 Å². The lowest BCUT2D eigenvalue weighted by atomic mass is 9.91. The Bertz CT molecular complexity index is 325. The fraction of sp³-hybridized carbons (Fsp3) is 0.692. The number of likely N-dealkylation sites (tertiary alicyclic amines) is 1. The summed E-state index contributed by atoms with van der Waals surface area (Å²) in [6.45, 7) is 7.99. The Morgan fingerprint density at radius 1 is 1.53 bits per heavy atom. The number of ether oxygens (including phenoxy) is 1. The molecule has 17 heavy (non-hydrogen) atoms. The van der Waals surface area contributed by atoms with Gasteiger partial charge in [-0.15, -0.1) is 6.58 Å². The Morgan fingerprint density at radius 2 is 2.18 bits per heavy atom. The number of methoxy groups -OCH3 is 1. The van der Waals surface area contributed by atoms with Crippen molar-refractivity contribution in [1.82, 2.24) is 4.90 Å². The van der Waals surface area contributed by atoms with E-state index in [1.54, 1.807) is 11.0 Å². The van der Waals surface area contributed by atoms with E-state index >= 15 is 0 Å². The minimum absolute atomic E-state index is 0.00903. The molecule has 0 bridgehead atoms. The second-order valence-electron chi connectivity index (χ2n) is 4.76. The van der Waals surface area contributed by atoms with Crippen molar-refractivity contribution in [2.75, 3.05) is 13.7 Å². The third-order valence-corrected chi connectivity index (χ3v) is 3.30. The summed E-state index contributed by atoms with van der Waals surface area (Å²) in [5.74, 6) is -0.430. The summed E-state index contributed by atoms with van der Waals surface area (Å²) in [4.78, 5) is 25.8. The Morgan fingerprint density at radius 3 is 2.65 bits per heavy atom. The van der Waals surface area contributed by atoms with Crippen molar-refractivity contribution in [2.45, 2.75) is 38.6 Å². The molecule has 0 aromatic carbocycles. The maximum absolute atomic E-state index is 12.1. The Balaban J connectivity index is 3.06. The molecule has 0 spiro atoms. The number of carbonyl (C=O) groups is 2. The van der Waals surface area contributed by atoms with Gasteiger partial charge in [0.25, 0.3) is 0 Å². The molecule has 1 atom stereocenters. The number of hydrogen-bond donors (Lipinski definition) is 0. The Labute approximate surface area is 103 Å². The van der Waals surface area contributed by atoms with Gasteiger partial charge >= 0.3 is 5.97 Å². The van der Waals surface area contributed by atoms with Crippen LogP contribution >= 0.6 is 0 Å². The molecule has 0 N–H and O–H groups in total. The number of amides is 1. The molecule has 1 amide bonds. The lowest BCUT2D eigenvalue weighted by Gasteiger charge is -2.36. The first-order valence-corrected chi connectivity index (χ1v) is 6.00. The lowest BCUT2D eigenvalue weighted by molar-refractivity contribution is -0.160. The Hall–Kier alpha value is -1.32. The highest BCUT2D eigenvalue weighted by atomic mass is 16.5. The molecule has 1 aliphatic rings. The van der Waals surface area contributed by atoms with E-state index in [1.807, 2.05) is 13.8 Å². The first-order valence-electron chi connectivity index (χ1n) is 6.00. The van der Waals surface area contributed by atoms with E-state index in [1.165, 1.54) is 7.11 Å². The minimum Gasteiger partial charge on any atom is -0.467 e. The molecule has 0 aromatic heterocycles. The molecule has 0 aromatic rings. The van der Waals surface area contributed by atoms with E-state index in [4.69, 9.17) is 4.74 Å². The van der Waals surface area contributed by atoms with Crippen LogP contribution in [0, 0.1) is 5.92 Å². The number of nitrogens with zero attached hydrogens (tertiary/aromatic N) is 1. The molecule has 1 rings (SSSR count). The van der Waals surface area contributed by atoms with Crippen molar-refractivity contribution >= 4 is 11.9 Å². The van der Waals surface area contributed by atoms with Crippen LogP contribution in [0.5, 0.6) is 0 Å². The highest BCUT2D eigenvalue weighted by molar-refractivity contribution is 5.89. The summed E-state index contributed by atoms with van der Waals surface area (Å²) in [7, 11) is 1.36. The summed E-state index contributed by atoms with van der Waals surface area (Å²) in [5, 5.41) is 0. The van der Waals surface area contributed by atoms with Gasteiger partial charge in [0.2, 0.25) is 5.91 Å². The van der Waals surface area contributed by atoms with Crippen molar-refractivity contribution in [3.8, 4) is 0 Å². The Kier molecular flexibility index (Phi) is 4.32. The summed E-state index contributed by atoms with van der Waals surface area (Å²) >= 11 is 0.